The molecule has 22 heavy (non-hydrogen) atoms. The molecule has 0 heterocycles. The molecule has 0 bridgehead atoms. The second-order valence-corrected chi connectivity index (χ2v) is 5.15. The second-order valence-electron chi connectivity index (χ2n) is 4.13. The number of hydrazine groups is 1. The fourth-order valence-electron chi connectivity index (χ4n) is 1.52. The predicted molar refractivity (Wildman–Crippen MR) is 74.1 cm³/mol. The van der Waals surface area contributed by atoms with Crippen molar-refractivity contribution in [2.45, 2.75) is 18.0 Å². The maximum absolute atomic E-state index is 13.9. The highest BCUT2D eigenvalue weighted by Crippen LogP contribution is 2.33. The summed E-state index contributed by atoms with van der Waals surface area (Å²) in [5.74, 6) is -2.06. The summed E-state index contributed by atoms with van der Waals surface area (Å²) in [7, 11) is 1.36. The Morgan fingerprint density at radius 2 is 2.05 bits per heavy atom. The molecular formula is C12H13F4N3O2S. The first kappa shape index (κ1) is 18.2. The van der Waals surface area contributed by atoms with Gasteiger partial charge < -0.3 is 0 Å². The highest BCUT2D eigenvalue weighted by atomic mass is 32.2. The smallest absolute Gasteiger partial charge is 0.278 e. The lowest BCUT2D eigenvalue weighted by atomic mass is 10.2. The van der Waals surface area contributed by atoms with Gasteiger partial charge in [-0.2, -0.15) is 13.2 Å². The van der Waals surface area contributed by atoms with Crippen molar-refractivity contribution in [1.82, 2.24) is 10.9 Å². The van der Waals surface area contributed by atoms with Crippen molar-refractivity contribution in [2.24, 2.45) is 0 Å². The van der Waals surface area contributed by atoms with Crippen LogP contribution in [0, 0.1) is 12.7 Å². The molecule has 1 aromatic carbocycles. The number of amides is 3. The molecule has 0 atom stereocenters. The third-order valence-corrected chi connectivity index (χ3v) is 3.67. The van der Waals surface area contributed by atoms with Gasteiger partial charge in [0.1, 0.15) is 5.82 Å². The Morgan fingerprint density at radius 1 is 1.41 bits per heavy atom. The largest absolute Gasteiger partial charge is 0.398 e. The standard InChI is InChI=1S/C12H13F4N3O2S/c1-7-3-8(13)9(19(6-20)11(21)18-17-2)4-10(7)22-5-12(14,15)16/h3-4,6,17H,5H2,1-2H3,(H,18,21). The van der Waals surface area contributed by atoms with Crippen LogP contribution in [-0.2, 0) is 4.79 Å². The summed E-state index contributed by atoms with van der Waals surface area (Å²) < 4.78 is 50.7. The van der Waals surface area contributed by atoms with Crippen LogP contribution in [-0.4, -0.2) is 31.4 Å². The number of urea groups is 1. The Morgan fingerprint density at radius 3 is 2.55 bits per heavy atom. The summed E-state index contributed by atoms with van der Waals surface area (Å²) in [5.41, 5.74) is 4.17. The Bertz CT molecular complexity index is 566. The minimum atomic E-state index is -4.39. The number of nitrogens with one attached hydrogen (secondary N) is 2. The normalized spacial score (nSPS) is 11.2. The summed E-state index contributed by atoms with van der Waals surface area (Å²) in [6.07, 6.45) is -4.32. The zero-order valence-electron chi connectivity index (χ0n) is 11.6. The van der Waals surface area contributed by atoms with E-state index in [9.17, 15) is 27.2 Å². The van der Waals surface area contributed by atoms with E-state index >= 15 is 0 Å². The lowest BCUT2D eigenvalue weighted by molar-refractivity contribution is -0.107. The fourth-order valence-corrected chi connectivity index (χ4v) is 2.32. The van der Waals surface area contributed by atoms with Crippen molar-refractivity contribution >= 4 is 29.9 Å². The number of benzene rings is 1. The highest BCUT2D eigenvalue weighted by Gasteiger charge is 2.28. The molecule has 0 saturated heterocycles. The van der Waals surface area contributed by atoms with Gasteiger partial charge in [0, 0.05) is 11.9 Å². The van der Waals surface area contributed by atoms with Gasteiger partial charge in [0.15, 0.2) is 0 Å². The van der Waals surface area contributed by atoms with E-state index in [1.54, 1.807) is 0 Å². The van der Waals surface area contributed by atoms with Crippen molar-refractivity contribution in [2.75, 3.05) is 17.7 Å². The second kappa shape index (κ2) is 7.45. The average Bonchev–Trinajstić information content (AvgIpc) is 2.40. The Kier molecular flexibility index (Phi) is 6.18. The van der Waals surface area contributed by atoms with Crippen LogP contribution in [0.25, 0.3) is 0 Å². The molecular weight excluding hydrogens is 326 g/mol. The number of halogens is 4. The monoisotopic (exact) mass is 339 g/mol. The fraction of sp³-hybridized carbons (Fsp3) is 0.333. The average molecular weight is 339 g/mol. The molecule has 0 unspecified atom stereocenters. The van der Waals surface area contributed by atoms with Gasteiger partial charge in [-0.05, 0) is 24.6 Å². The number of carbonyl (C=O) groups is 2. The van der Waals surface area contributed by atoms with Crippen molar-refractivity contribution in [3.8, 4) is 0 Å². The third-order valence-electron chi connectivity index (χ3n) is 2.45. The van der Waals surface area contributed by atoms with Crippen LogP contribution >= 0.6 is 11.8 Å². The van der Waals surface area contributed by atoms with Gasteiger partial charge in [-0.15, -0.1) is 11.8 Å². The summed E-state index contributed by atoms with van der Waals surface area (Å²) in [6.45, 7) is 1.44. The topological polar surface area (TPSA) is 61.4 Å². The number of nitrogens with zero attached hydrogens (tertiary/aromatic N) is 1. The molecule has 0 aromatic heterocycles. The lowest BCUT2D eigenvalue weighted by Gasteiger charge is -2.18. The molecule has 0 fully saturated rings. The van der Waals surface area contributed by atoms with E-state index in [1.807, 2.05) is 0 Å². The van der Waals surface area contributed by atoms with Crippen molar-refractivity contribution in [3.05, 3.63) is 23.5 Å². The van der Waals surface area contributed by atoms with E-state index in [4.69, 9.17) is 0 Å². The minimum absolute atomic E-state index is 0.0681. The number of hydrogen-bond donors (Lipinski definition) is 2. The number of thioether (sulfide) groups is 1. The first-order chi connectivity index (χ1) is 10.2. The number of rotatable bonds is 5. The van der Waals surface area contributed by atoms with E-state index in [0.717, 1.165) is 12.1 Å². The molecule has 2 N–H and O–H groups in total. The number of alkyl halides is 3. The van der Waals surface area contributed by atoms with Crippen LogP contribution in [0.2, 0.25) is 0 Å². The van der Waals surface area contributed by atoms with Crippen molar-refractivity contribution < 1.29 is 27.2 Å². The van der Waals surface area contributed by atoms with Gasteiger partial charge in [0.25, 0.3) is 0 Å². The zero-order valence-corrected chi connectivity index (χ0v) is 12.4. The van der Waals surface area contributed by atoms with Crippen LogP contribution in [0.15, 0.2) is 17.0 Å². The maximum atomic E-state index is 13.9. The van der Waals surface area contributed by atoms with Crippen LogP contribution in [0.1, 0.15) is 5.56 Å². The molecule has 0 aliphatic rings. The third kappa shape index (κ3) is 4.88. The molecule has 0 radical (unpaired) electrons. The molecule has 0 spiro atoms. The SMILES string of the molecule is CNNC(=O)N(C=O)c1cc(SCC(F)(F)F)c(C)cc1F. The molecule has 1 rings (SSSR count). The van der Waals surface area contributed by atoms with Gasteiger partial charge in [-0.25, -0.2) is 19.5 Å². The van der Waals surface area contributed by atoms with Crippen molar-refractivity contribution in [3.63, 3.8) is 0 Å². The zero-order chi connectivity index (χ0) is 16.9. The number of aryl methyl sites for hydroxylation is 1. The molecule has 0 aliphatic carbocycles. The van der Waals surface area contributed by atoms with Gasteiger partial charge in [0.2, 0.25) is 6.41 Å². The van der Waals surface area contributed by atoms with Crippen LogP contribution in [0.3, 0.4) is 0 Å². The number of anilines is 1. The van der Waals surface area contributed by atoms with Gasteiger partial charge in [-0.1, -0.05) is 0 Å². The van der Waals surface area contributed by atoms with E-state index in [-0.39, 0.29) is 16.9 Å². The molecule has 1 aromatic rings. The first-order valence-electron chi connectivity index (χ1n) is 5.90. The maximum Gasteiger partial charge on any atom is 0.398 e. The summed E-state index contributed by atoms with van der Waals surface area (Å²) in [6, 6.07) is 1.04. The van der Waals surface area contributed by atoms with Crippen molar-refractivity contribution in [1.29, 1.82) is 0 Å². The quantitative estimate of drug-likeness (QED) is 0.375. The van der Waals surface area contributed by atoms with Crippen LogP contribution in [0.4, 0.5) is 28.0 Å². The number of imide groups is 1. The first-order valence-corrected chi connectivity index (χ1v) is 6.89. The van der Waals surface area contributed by atoms with E-state index in [1.165, 1.54) is 14.0 Å². The summed E-state index contributed by atoms with van der Waals surface area (Å²) in [5, 5.41) is 0. The van der Waals surface area contributed by atoms with E-state index in [2.05, 4.69) is 10.9 Å². The molecule has 0 saturated carbocycles. The summed E-state index contributed by atoms with van der Waals surface area (Å²) >= 11 is 0.448. The van der Waals surface area contributed by atoms with E-state index < -0.39 is 29.5 Å². The van der Waals surface area contributed by atoms with Crippen LogP contribution < -0.4 is 15.8 Å². The Labute approximate surface area is 128 Å². The van der Waals surface area contributed by atoms with E-state index in [0.29, 0.717) is 16.7 Å². The molecule has 0 aliphatic heterocycles. The Hall–Kier alpha value is -1.81. The molecule has 5 nitrogen and oxygen atoms in total. The van der Waals surface area contributed by atoms with Gasteiger partial charge >= 0.3 is 12.2 Å². The van der Waals surface area contributed by atoms with Crippen LogP contribution in [0.5, 0.6) is 0 Å². The highest BCUT2D eigenvalue weighted by molar-refractivity contribution is 7.99. The Balaban J connectivity index is 3.14. The predicted octanol–water partition coefficient (Wildman–Crippen LogP) is 2.60. The lowest BCUT2D eigenvalue weighted by Crippen LogP contribution is -2.45. The number of carbonyl (C=O) groups excluding carboxylic acids is 2. The van der Waals surface area contributed by atoms with Gasteiger partial charge in [-0.3, -0.25) is 10.2 Å². The number of hydrogen-bond acceptors (Lipinski definition) is 4. The molecule has 3 amide bonds. The minimum Gasteiger partial charge on any atom is -0.278 e. The molecule has 122 valence electrons. The van der Waals surface area contributed by atoms with Gasteiger partial charge in [0.05, 0.1) is 11.4 Å². The summed E-state index contributed by atoms with van der Waals surface area (Å²) in [4.78, 5) is 23.1. The molecule has 10 heteroatoms.